The first-order chi connectivity index (χ1) is 12.1. The van der Waals surface area contributed by atoms with E-state index in [2.05, 4.69) is 0 Å². The average molecular weight is 343 g/mol. The van der Waals surface area contributed by atoms with E-state index in [9.17, 15) is 9.18 Å². The van der Waals surface area contributed by atoms with Crippen LogP contribution in [0.15, 0.2) is 18.2 Å². The smallest absolute Gasteiger partial charge is 0.226 e. The number of carbonyl (C=O) groups excluding carboxylic acids is 1. The van der Waals surface area contributed by atoms with Gasteiger partial charge in [0.25, 0.3) is 0 Å². The third-order valence-corrected chi connectivity index (χ3v) is 5.99. The fraction of sp³-hybridized carbons (Fsp3) is 0.579. The van der Waals surface area contributed by atoms with Gasteiger partial charge in [-0.25, -0.2) is 4.39 Å². The predicted octanol–water partition coefficient (Wildman–Crippen LogP) is 2.16. The molecule has 6 heteroatoms. The molecule has 25 heavy (non-hydrogen) atoms. The van der Waals surface area contributed by atoms with E-state index in [1.807, 2.05) is 15.9 Å². The molecule has 5 nitrogen and oxygen atoms in total. The van der Waals surface area contributed by atoms with Crippen molar-refractivity contribution in [3.63, 3.8) is 0 Å². The van der Waals surface area contributed by atoms with Gasteiger partial charge in [-0.15, -0.1) is 0 Å². The molecule has 4 rings (SSSR count). The Kier molecular flexibility index (Phi) is 4.12. The molecule has 2 aliphatic heterocycles. The number of halogens is 1. The Morgan fingerprint density at radius 1 is 1.24 bits per heavy atom. The highest BCUT2D eigenvalue weighted by molar-refractivity contribution is 5.83. The Bertz CT molecular complexity index is 716. The lowest BCUT2D eigenvalue weighted by Gasteiger charge is -2.37. The van der Waals surface area contributed by atoms with Gasteiger partial charge in [0.15, 0.2) is 0 Å². The van der Waals surface area contributed by atoms with Gasteiger partial charge in [-0.05, 0) is 42.9 Å². The number of piperazine rings is 1. The first-order valence-corrected chi connectivity index (χ1v) is 8.94. The normalized spacial score (nSPS) is 24.9. The van der Waals surface area contributed by atoms with Crippen LogP contribution in [-0.4, -0.2) is 50.2 Å². The van der Waals surface area contributed by atoms with Crippen molar-refractivity contribution in [2.24, 2.45) is 11.3 Å². The second-order valence-electron chi connectivity index (χ2n) is 7.32. The van der Waals surface area contributed by atoms with Crippen LogP contribution in [0.2, 0.25) is 0 Å². The van der Waals surface area contributed by atoms with Gasteiger partial charge in [0.2, 0.25) is 5.91 Å². The van der Waals surface area contributed by atoms with Crippen LogP contribution in [0.4, 0.5) is 10.1 Å². The predicted molar refractivity (Wildman–Crippen MR) is 90.5 cm³/mol. The monoisotopic (exact) mass is 343 g/mol. The lowest BCUT2D eigenvalue weighted by Crippen LogP contribution is -2.50. The van der Waals surface area contributed by atoms with Crippen LogP contribution in [0, 0.1) is 28.5 Å². The highest BCUT2D eigenvalue weighted by atomic mass is 19.1. The molecule has 1 aromatic rings. The van der Waals surface area contributed by atoms with Crippen molar-refractivity contribution in [3.8, 4) is 6.07 Å². The summed E-state index contributed by atoms with van der Waals surface area (Å²) in [6.07, 6.45) is 3.00. The highest BCUT2D eigenvalue weighted by Gasteiger charge is 2.58. The molecule has 3 aliphatic rings. The molecule has 1 aromatic carbocycles. The molecule has 1 saturated carbocycles. The molecule has 3 fully saturated rings. The van der Waals surface area contributed by atoms with Gasteiger partial charge in [-0.1, -0.05) is 0 Å². The molecule has 1 spiro atoms. The van der Waals surface area contributed by atoms with E-state index in [0.717, 1.165) is 32.5 Å². The maximum absolute atomic E-state index is 14.2. The van der Waals surface area contributed by atoms with Crippen molar-refractivity contribution in [1.82, 2.24) is 4.90 Å². The minimum absolute atomic E-state index is 0.162. The minimum Gasteiger partial charge on any atom is -0.381 e. The van der Waals surface area contributed by atoms with Crippen LogP contribution >= 0.6 is 0 Å². The standard InChI is InChI=1S/C19H22FN3O2/c20-16-11-14(13-21)1-2-17(16)22-5-7-23(8-6-22)18(24)15-12-19(15)3-9-25-10-4-19/h1-2,11,15H,3-10,12H2. The topological polar surface area (TPSA) is 56.6 Å². The Morgan fingerprint density at radius 3 is 2.60 bits per heavy atom. The third kappa shape index (κ3) is 2.98. The van der Waals surface area contributed by atoms with Crippen molar-refractivity contribution in [2.45, 2.75) is 19.3 Å². The Balaban J connectivity index is 1.36. The van der Waals surface area contributed by atoms with Crippen LogP contribution in [0.25, 0.3) is 0 Å². The summed E-state index contributed by atoms with van der Waals surface area (Å²) < 4.78 is 19.6. The van der Waals surface area contributed by atoms with Gasteiger partial charge in [-0.3, -0.25) is 4.79 Å². The molecule has 0 bridgehead atoms. The molecule has 1 amide bonds. The maximum atomic E-state index is 14.2. The summed E-state index contributed by atoms with van der Waals surface area (Å²) >= 11 is 0. The summed E-state index contributed by atoms with van der Waals surface area (Å²) in [5.41, 5.74) is 1.04. The summed E-state index contributed by atoms with van der Waals surface area (Å²) in [4.78, 5) is 16.7. The molecule has 2 heterocycles. The first kappa shape index (κ1) is 16.3. The number of rotatable bonds is 2. The Labute approximate surface area is 147 Å². The first-order valence-electron chi connectivity index (χ1n) is 8.94. The van der Waals surface area contributed by atoms with Gasteiger partial charge >= 0.3 is 0 Å². The lowest BCUT2D eigenvalue weighted by atomic mass is 9.93. The van der Waals surface area contributed by atoms with Crippen molar-refractivity contribution in [2.75, 3.05) is 44.3 Å². The zero-order valence-corrected chi connectivity index (χ0v) is 14.2. The summed E-state index contributed by atoms with van der Waals surface area (Å²) in [6, 6.07) is 6.51. The summed E-state index contributed by atoms with van der Waals surface area (Å²) in [5.74, 6) is 0.0543. The molecule has 132 valence electrons. The van der Waals surface area contributed by atoms with Crippen molar-refractivity contribution >= 4 is 11.6 Å². The number of hydrogen-bond acceptors (Lipinski definition) is 4. The fourth-order valence-electron chi connectivity index (χ4n) is 4.25. The maximum Gasteiger partial charge on any atom is 0.226 e. The quantitative estimate of drug-likeness (QED) is 0.826. The molecular formula is C19H22FN3O2. The van der Waals surface area contributed by atoms with Gasteiger partial charge in [0.1, 0.15) is 5.82 Å². The zero-order valence-electron chi connectivity index (χ0n) is 14.2. The molecule has 1 unspecified atom stereocenters. The highest BCUT2D eigenvalue weighted by Crippen LogP contribution is 2.59. The third-order valence-electron chi connectivity index (χ3n) is 5.99. The van der Waals surface area contributed by atoms with Crippen LogP contribution < -0.4 is 4.90 Å². The summed E-state index contributed by atoms with van der Waals surface area (Å²) in [5, 5.41) is 8.84. The summed E-state index contributed by atoms with van der Waals surface area (Å²) in [6.45, 7) is 4.04. The lowest BCUT2D eigenvalue weighted by molar-refractivity contribution is -0.134. The van der Waals surface area contributed by atoms with E-state index in [1.165, 1.54) is 6.07 Å². The fourth-order valence-corrected chi connectivity index (χ4v) is 4.25. The molecule has 0 aromatic heterocycles. The largest absolute Gasteiger partial charge is 0.381 e. The van der Waals surface area contributed by atoms with Crippen molar-refractivity contribution in [3.05, 3.63) is 29.6 Å². The Morgan fingerprint density at radius 2 is 1.96 bits per heavy atom. The van der Waals surface area contributed by atoms with E-state index in [-0.39, 0.29) is 23.1 Å². The van der Waals surface area contributed by atoms with Crippen LogP contribution in [0.1, 0.15) is 24.8 Å². The van der Waals surface area contributed by atoms with Gasteiger partial charge in [0.05, 0.1) is 17.3 Å². The molecule has 0 N–H and O–H groups in total. The number of benzene rings is 1. The second kappa shape index (κ2) is 6.30. The number of nitriles is 1. The van der Waals surface area contributed by atoms with Gasteiger partial charge < -0.3 is 14.5 Å². The SMILES string of the molecule is N#Cc1ccc(N2CCN(C(=O)C3CC34CCOCC4)CC2)c(F)c1. The Hall–Kier alpha value is -2.13. The van der Waals surface area contributed by atoms with E-state index in [0.29, 0.717) is 37.4 Å². The number of nitrogens with zero attached hydrogens (tertiary/aromatic N) is 3. The molecule has 0 radical (unpaired) electrons. The van der Waals surface area contributed by atoms with E-state index < -0.39 is 0 Å². The van der Waals surface area contributed by atoms with Gasteiger partial charge in [-0.2, -0.15) is 5.26 Å². The second-order valence-corrected chi connectivity index (χ2v) is 7.32. The number of amides is 1. The van der Waals surface area contributed by atoms with Crippen LogP contribution in [0.5, 0.6) is 0 Å². The number of hydrogen-bond donors (Lipinski definition) is 0. The van der Waals surface area contributed by atoms with Crippen LogP contribution in [-0.2, 0) is 9.53 Å². The molecule has 1 aliphatic carbocycles. The summed E-state index contributed by atoms with van der Waals surface area (Å²) in [7, 11) is 0. The van der Waals surface area contributed by atoms with E-state index in [4.69, 9.17) is 10.00 Å². The van der Waals surface area contributed by atoms with E-state index in [1.54, 1.807) is 12.1 Å². The molecular weight excluding hydrogens is 321 g/mol. The zero-order chi connectivity index (χ0) is 17.4. The number of anilines is 1. The van der Waals surface area contributed by atoms with Crippen molar-refractivity contribution < 1.29 is 13.9 Å². The molecule has 1 atom stereocenters. The average Bonchev–Trinajstić information content (AvgIpc) is 3.34. The van der Waals surface area contributed by atoms with Crippen molar-refractivity contribution in [1.29, 1.82) is 5.26 Å². The van der Waals surface area contributed by atoms with Gasteiger partial charge in [0, 0.05) is 45.3 Å². The van der Waals surface area contributed by atoms with E-state index >= 15 is 0 Å². The minimum atomic E-state index is -0.373. The molecule has 2 saturated heterocycles. The van der Waals surface area contributed by atoms with Crippen LogP contribution in [0.3, 0.4) is 0 Å². The number of ether oxygens (including phenoxy) is 1. The number of carbonyl (C=O) groups is 1.